The van der Waals surface area contributed by atoms with Gasteiger partial charge >= 0.3 is 0 Å². The summed E-state index contributed by atoms with van der Waals surface area (Å²) in [6.07, 6.45) is 4.18. The molecule has 0 aromatic heterocycles. The van der Waals surface area contributed by atoms with Gasteiger partial charge in [0.1, 0.15) is 0 Å². The van der Waals surface area contributed by atoms with Crippen LogP contribution in [0.25, 0.3) is 0 Å². The van der Waals surface area contributed by atoms with Crippen LogP contribution in [0.5, 0.6) is 0 Å². The van der Waals surface area contributed by atoms with Crippen LogP contribution in [0.4, 0.5) is 0 Å². The highest BCUT2D eigenvalue weighted by molar-refractivity contribution is 7.89. The fraction of sp³-hybridized carbons (Fsp3) is 1.00. The van der Waals surface area contributed by atoms with E-state index in [1.54, 1.807) is 0 Å². The third-order valence-electron chi connectivity index (χ3n) is 3.16. The average molecular weight is 232 g/mol. The molecule has 0 spiro atoms. The molecule has 2 fully saturated rings. The van der Waals surface area contributed by atoms with Crippen molar-refractivity contribution in [1.82, 2.24) is 10.0 Å². The molecule has 5 heteroatoms. The fourth-order valence-corrected chi connectivity index (χ4v) is 3.76. The summed E-state index contributed by atoms with van der Waals surface area (Å²) in [6.45, 7) is 2.90. The Morgan fingerprint density at radius 1 is 1.27 bits per heavy atom. The molecule has 88 valence electrons. The summed E-state index contributed by atoms with van der Waals surface area (Å²) in [4.78, 5) is 0. The number of rotatable bonds is 4. The molecule has 1 aliphatic carbocycles. The molecule has 1 heterocycles. The van der Waals surface area contributed by atoms with E-state index < -0.39 is 10.0 Å². The first kappa shape index (κ1) is 11.4. The average Bonchev–Trinajstić information content (AvgIpc) is 2.91. The highest BCUT2D eigenvalue weighted by Gasteiger charge is 2.30. The minimum Gasteiger partial charge on any atom is -0.313 e. The predicted octanol–water partition coefficient (Wildman–Crippen LogP) is 0.456. The molecule has 2 N–H and O–H groups in total. The number of sulfonamides is 1. The van der Waals surface area contributed by atoms with Gasteiger partial charge in [-0.2, -0.15) is 0 Å². The largest absolute Gasteiger partial charge is 0.313 e. The highest BCUT2D eigenvalue weighted by Crippen LogP contribution is 2.30. The van der Waals surface area contributed by atoms with Gasteiger partial charge in [0.2, 0.25) is 10.0 Å². The quantitative estimate of drug-likeness (QED) is 0.740. The van der Waals surface area contributed by atoms with Gasteiger partial charge in [-0.15, -0.1) is 0 Å². The first-order chi connectivity index (χ1) is 7.05. The van der Waals surface area contributed by atoms with Crippen LogP contribution in [0.2, 0.25) is 0 Å². The SMILES string of the molecule is CC1CCC(NS(=O)(=O)CC2CC2)CN1. The lowest BCUT2D eigenvalue weighted by molar-refractivity contribution is 0.366. The van der Waals surface area contributed by atoms with Crippen molar-refractivity contribution in [2.45, 2.75) is 44.7 Å². The minimum absolute atomic E-state index is 0.102. The van der Waals surface area contributed by atoms with E-state index in [9.17, 15) is 8.42 Å². The van der Waals surface area contributed by atoms with Gasteiger partial charge in [-0.25, -0.2) is 13.1 Å². The van der Waals surface area contributed by atoms with Crippen molar-refractivity contribution in [2.75, 3.05) is 12.3 Å². The molecule has 1 aliphatic heterocycles. The Balaban J connectivity index is 1.79. The Kier molecular flexibility index (Phi) is 3.33. The first-order valence-corrected chi connectivity index (χ1v) is 7.44. The van der Waals surface area contributed by atoms with Gasteiger partial charge in [-0.05, 0) is 38.5 Å². The van der Waals surface area contributed by atoms with Crippen LogP contribution in [-0.4, -0.2) is 32.8 Å². The van der Waals surface area contributed by atoms with Crippen LogP contribution >= 0.6 is 0 Å². The van der Waals surface area contributed by atoms with Gasteiger partial charge in [-0.3, -0.25) is 0 Å². The summed E-state index contributed by atoms with van der Waals surface area (Å²) >= 11 is 0. The Labute approximate surface area is 91.9 Å². The van der Waals surface area contributed by atoms with Gasteiger partial charge in [0.25, 0.3) is 0 Å². The van der Waals surface area contributed by atoms with Crippen molar-refractivity contribution >= 4 is 10.0 Å². The second-order valence-corrected chi connectivity index (χ2v) is 6.72. The van der Waals surface area contributed by atoms with Crippen molar-refractivity contribution in [3.8, 4) is 0 Å². The molecule has 15 heavy (non-hydrogen) atoms. The van der Waals surface area contributed by atoms with E-state index in [4.69, 9.17) is 0 Å². The molecular weight excluding hydrogens is 212 g/mol. The molecule has 1 saturated carbocycles. The summed E-state index contributed by atoms with van der Waals surface area (Å²) in [5.41, 5.74) is 0. The van der Waals surface area contributed by atoms with Crippen molar-refractivity contribution < 1.29 is 8.42 Å². The van der Waals surface area contributed by atoms with Crippen molar-refractivity contribution in [2.24, 2.45) is 5.92 Å². The van der Waals surface area contributed by atoms with Crippen molar-refractivity contribution in [3.63, 3.8) is 0 Å². The summed E-state index contributed by atoms with van der Waals surface area (Å²) in [5, 5.41) is 3.30. The molecule has 1 saturated heterocycles. The summed E-state index contributed by atoms with van der Waals surface area (Å²) in [5.74, 6) is 0.761. The molecule has 0 amide bonds. The molecule has 0 aromatic carbocycles. The monoisotopic (exact) mass is 232 g/mol. The molecule has 0 bridgehead atoms. The first-order valence-electron chi connectivity index (χ1n) is 5.78. The summed E-state index contributed by atoms with van der Waals surface area (Å²) < 4.78 is 26.2. The smallest absolute Gasteiger partial charge is 0.212 e. The molecule has 4 nitrogen and oxygen atoms in total. The maximum atomic E-state index is 11.7. The third kappa shape index (κ3) is 3.74. The van der Waals surface area contributed by atoms with Gasteiger partial charge in [0.05, 0.1) is 5.75 Å². The molecule has 0 radical (unpaired) electrons. The summed E-state index contributed by atoms with van der Waals surface area (Å²) in [7, 11) is -3.03. The fourth-order valence-electron chi connectivity index (χ4n) is 2.00. The van der Waals surface area contributed by atoms with Gasteiger partial charge in [0.15, 0.2) is 0 Å². The third-order valence-corrected chi connectivity index (χ3v) is 4.76. The molecule has 0 aromatic rings. The zero-order chi connectivity index (χ0) is 10.9. The van der Waals surface area contributed by atoms with E-state index >= 15 is 0 Å². The maximum absolute atomic E-state index is 11.7. The molecule has 2 aliphatic rings. The van der Waals surface area contributed by atoms with Crippen molar-refractivity contribution in [1.29, 1.82) is 0 Å². The Hall–Kier alpha value is -0.130. The Bertz CT molecular complexity index is 303. The standard InChI is InChI=1S/C10H20N2O2S/c1-8-2-5-10(6-11-8)12-15(13,14)7-9-3-4-9/h8-12H,2-7H2,1H3. The lowest BCUT2D eigenvalue weighted by atomic mass is 10.0. The number of nitrogens with one attached hydrogen (secondary N) is 2. The topological polar surface area (TPSA) is 58.2 Å². The Morgan fingerprint density at radius 3 is 2.53 bits per heavy atom. The van der Waals surface area contributed by atoms with Crippen LogP contribution in [0.1, 0.15) is 32.6 Å². The molecular formula is C10H20N2O2S. The highest BCUT2D eigenvalue weighted by atomic mass is 32.2. The van der Waals surface area contributed by atoms with Crippen LogP contribution in [0, 0.1) is 5.92 Å². The van der Waals surface area contributed by atoms with Crippen LogP contribution in [-0.2, 0) is 10.0 Å². The maximum Gasteiger partial charge on any atom is 0.212 e. The summed E-state index contributed by atoms with van der Waals surface area (Å²) in [6, 6.07) is 0.624. The number of piperidine rings is 1. The number of hydrogen-bond acceptors (Lipinski definition) is 3. The van der Waals surface area contributed by atoms with Gasteiger partial charge < -0.3 is 5.32 Å². The lowest BCUT2D eigenvalue weighted by Crippen LogP contribution is -2.49. The zero-order valence-corrected chi connectivity index (χ0v) is 10.0. The van der Waals surface area contributed by atoms with E-state index in [0.717, 1.165) is 32.2 Å². The van der Waals surface area contributed by atoms with Crippen LogP contribution < -0.4 is 10.0 Å². The zero-order valence-electron chi connectivity index (χ0n) is 9.20. The van der Waals surface area contributed by atoms with Crippen LogP contribution in [0.3, 0.4) is 0 Å². The van der Waals surface area contributed by atoms with Crippen LogP contribution in [0.15, 0.2) is 0 Å². The van der Waals surface area contributed by atoms with E-state index in [1.165, 1.54) is 0 Å². The minimum atomic E-state index is -3.03. The van der Waals surface area contributed by atoms with Gasteiger partial charge in [-0.1, -0.05) is 0 Å². The van der Waals surface area contributed by atoms with E-state index in [-0.39, 0.29) is 6.04 Å². The van der Waals surface area contributed by atoms with Crippen molar-refractivity contribution in [3.05, 3.63) is 0 Å². The van der Waals surface area contributed by atoms with E-state index in [1.807, 2.05) is 0 Å². The predicted molar refractivity (Wildman–Crippen MR) is 60.1 cm³/mol. The molecule has 2 atom stereocenters. The second-order valence-electron chi connectivity index (χ2n) is 4.93. The number of hydrogen-bond donors (Lipinski definition) is 2. The second kappa shape index (κ2) is 4.39. The van der Waals surface area contributed by atoms with E-state index in [2.05, 4.69) is 17.0 Å². The normalized spacial score (nSPS) is 32.9. The Morgan fingerprint density at radius 2 is 2.00 bits per heavy atom. The molecule has 2 unspecified atom stereocenters. The lowest BCUT2D eigenvalue weighted by Gasteiger charge is -2.28. The van der Waals surface area contributed by atoms with Gasteiger partial charge in [0, 0.05) is 18.6 Å². The molecule has 2 rings (SSSR count). The van der Waals surface area contributed by atoms with E-state index in [0.29, 0.717) is 17.7 Å².